The lowest BCUT2D eigenvalue weighted by atomic mass is 10.1. The van der Waals surface area contributed by atoms with E-state index in [1.54, 1.807) is 31.8 Å². The Morgan fingerprint density at radius 1 is 1.19 bits per heavy atom. The quantitative estimate of drug-likeness (QED) is 0.282. The summed E-state index contributed by atoms with van der Waals surface area (Å²) in [5, 5.41) is 14.5. The van der Waals surface area contributed by atoms with Gasteiger partial charge in [-0.1, -0.05) is 53.3 Å². The average molecular weight is 531 g/mol. The summed E-state index contributed by atoms with van der Waals surface area (Å²) in [6.07, 6.45) is 2.51. The highest BCUT2D eigenvalue weighted by atomic mass is 32.2. The molecule has 2 aromatic carbocycles. The highest BCUT2D eigenvalue weighted by molar-refractivity contribution is 7.92. The number of amides is 1. The molecule has 0 unspecified atom stereocenters. The van der Waals surface area contributed by atoms with Gasteiger partial charge in [0, 0.05) is 7.05 Å². The summed E-state index contributed by atoms with van der Waals surface area (Å²) in [6, 6.07) is 16.5. The number of carbonyl (C=O) groups is 1. The van der Waals surface area contributed by atoms with Gasteiger partial charge in [-0.05, 0) is 54.2 Å². The van der Waals surface area contributed by atoms with Crippen LogP contribution in [0.5, 0.6) is 0 Å². The first-order valence-electron chi connectivity index (χ1n) is 12.0. The molecular weight excluding hydrogens is 494 g/mol. The van der Waals surface area contributed by atoms with E-state index < -0.39 is 21.6 Å². The van der Waals surface area contributed by atoms with Crippen LogP contribution in [0.15, 0.2) is 54.6 Å². The number of aromatic nitrogens is 4. The Bertz CT molecular complexity index is 1270. The molecule has 1 atom stereocenters. The number of nitrogens with one attached hydrogen (secondary N) is 2. The Morgan fingerprint density at radius 2 is 1.86 bits per heavy atom. The van der Waals surface area contributed by atoms with E-state index in [1.165, 1.54) is 10.6 Å². The number of aromatic amines is 1. The average Bonchev–Trinajstić information content (AvgIpc) is 3.31. The molecule has 0 saturated carbocycles. The molecule has 0 aliphatic carbocycles. The van der Waals surface area contributed by atoms with Crippen LogP contribution < -0.4 is 20.2 Å². The van der Waals surface area contributed by atoms with Gasteiger partial charge >= 0.3 is 5.82 Å². The number of hydrogen-bond acceptors (Lipinski definition) is 7. The van der Waals surface area contributed by atoms with E-state index in [0.717, 1.165) is 11.1 Å². The molecular formula is C25H36N7O4S+. The van der Waals surface area contributed by atoms with Gasteiger partial charge in [0.05, 0.1) is 35.8 Å². The number of H-pyrrole nitrogens is 1. The lowest BCUT2D eigenvalue weighted by Crippen LogP contribution is -2.51. The smallest absolute Gasteiger partial charge is 0.332 e. The van der Waals surface area contributed by atoms with E-state index in [9.17, 15) is 13.2 Å². The number of anilines is 1. The highest BCUT2D eigenvalue weighted by Gasteiger charge is 2.30. The number of benzene rings is 2. The maximum Gasteiger partial charge on any atom is 0.332 e. The summed E-state index contributed by atoms with van der Waals surface area (Å²) < 4.78 is 31.1. The molecule has 4 N–H and O–H groups in total. The summed E-state index contributed by atoms with van der Waals surface area (Å²) in [6.45, 7) is 4.31. The normalized spacial score (nSPS) is 12.8. The Hall–Kier alpha value is -3.35. The van der Waals surface area contributed by atoms with E-state index >= 15 is 0 Å². The van der Waals surface area contributed by atoms with Crippen LogP contribution in [-0.4, -0.2) is 55.2 Å². The summed E-state index contributed by atoms with van der Waals surface area (Å²) in [7, 11) is -1.82. The van der Waals surface area contributed by atoms with E-state index in [4.69, 9.17) is 10.5 Å². The van der Waals surface area contributed by atoms with Crippen LogP contribution in [0.4, 0.5) is 5.69 Å². The lowest BCUT2D eigenvalue weighted by Gasteiger charge is -2.21. The Morgan fingerprint density at radius 3 is 2.54 bits per heavy atom. The minimum atomic E-state index is -3.36. The molecule has 1 aromatic heterocycles. The van der Waals surface area contributed by atoms with Gasteiger partial charge in [-0.15, -0.1) is 0 Å². The molecule has 0 radical (unpaired) electrons. The predicted octanol–water partition coefficient (Wildman–Crippen LogP) is 1.23. The molecule has 37 heavy (non-hydrogen) atoms. The number of aryl methyl sites for hydroxylation is 2. The van der Waals surface area contributed by atoms with Gasteiger partial charge in [0.1, 0.15) is 12.6 Å². The molecule has 12 heteroatoms. The maximum atomic E-state index is 12.6. The van der Waals surface area contributed by atoms with E-state index in [1.807, 2.05) is 48.5 Å². The summed E-state index contributed by atoms with van der Waals surface area (Å²) in [5.41, 5.74) is 7.47. The second-order valence-corrected chi connectivity index (χ2v) is 11.5. The minimum Gasteiger partial charge on any atom is -0.374 e. The molecule has 1 heterocycles. The molecule has 0 spiro atoms. The SMILES string of the molecule is CN(c1ccccc1CCC[n+]1nc([C@@H](COCc2ccccc2)NC(=O)C(C)(C)N)n[nH]1)S(C)(=O)=O. The van der Waals surface area contributed by atoms with Gasteiger partial charge in [-0.3, -0.25) is 9.10 Å². The standard InChI is InChI=1S/C25H35N7O4S/c1-25(2,26)24(33)27-21(18-36-17-19-11-6-5-7-12-19)23-28-30-32(29-23)16-10-14-20-13-8-9-15-22(20)31(3)37(4,34)35/h5-9,11-13,15,21H,10,14,16-18,26H2,1-4H3,(H,27,33)/p+1/t21-/m1/s1. The van der Waals surface area contributed by atoms with Crippen molar-refractivity contribution >= 4 is 21.6 Å². The number of tetrazole rings is 1. The van der Waals surface area contributed by atoms with E-state index in [0.29, 0.717) is 37.5 Å². The van der Waals surface area contributed by atoms with Crippen molar-refractivity contribution in [2.75, 3.05) is 24.2 Å². The summed E-state index contributed by atoms with van der Waals surface area (Å²) in [4.78, 5) is 14.1. The molecule has 200 valence electrons. The number of sulfonamides is 1. The third kappa shape index (κ3) is 8.34. The largest absolute Gasteiger partial charge is 0.374 e. The zero-order valence-corrected chi connectivity index (χ0v) is 22.5. The van der Waals surface area contributed by atoms with Crippen molar-refractivity contribution in [2.45, 2.75) is 51.4 Å². The van der Waals surface area contributed by atoms with Gasteiger partial charge in [0.15, 0.2) is 0 Å². The Kier molecular flexibility index (Phi) is 9.35. The Labute approximate surface area is 218 Å². The third-order valence-electron chi connectivity index (χ3n) is 5.75. The number of carbonyl (C=O) groups excluding carboxylic acids is 1. The first-order valence-corrected chi connectivity index (χ1v) is 13.9. The van der Waals surface area contributed by atoms with Gasteiger partial charge in [-0.2, -0.15) is 0 Å². The molecule has 11 nitrogen and oxygen atoms in total. The van der Waals surface area contributed by atoms with Crippen LogP contribution in [0.2, 0.25) is 0 Å². The van der Waals surface area contributed by atoms with Crippen LogP contribution in [0.25, 0.3) is 0 Å². The number of nitrogens with zero attached hydrogens (tertiary/aromatic N) is 4. The number of hydrogen-bond donors (Lipinski definition) is 3. The predicted molar refractivity (Wildman–Crippen MR) is 140 cm³/mol. The molecule has 3 rings (SSSR count). The number of para-hydroxylation sites is 1. The van der Waals surface area contributed by atoms with Gasteiger partial charge in [0.2, 0.25) is 15.9 Å². The summed E-state index contributed by atoms with van der Waals surface area (Å²) >= 11 is 0. The fourth-order valence-corrected chi connectivity index (χ4v) is 4.08. The zero-order chi connectivity index (χ0) is 27.1. The monoisotopic (exact) mass is 530 g/mol. The number of nitrogens with two attached hydrogens (primary N) is 1. The molecule has 0 saturated heterocycles. The molecule has 0 fully saturated rings. The molecule has 1 amide bonds. The second kappa shape index (κ2) is 12.3. The molecule has 3 aromatic rings. The first-order chi connectivity index (χ1) is 17.4. The van der Waals surface area contributed by atoms with E-state index in [-0.39, 0.29) is 12.5 Å². The van der Waals surface area contributed by atoms with Crippen LogP contribution in [-0.2, 0) is 39.1 Å². The van der Waals surface area contributed by atoms with Crippen molar-refractivity contribution in [2.24, 2.45) is 5.73 Å². The molecule has 0 aliphatic heterocycles. The van der Waals surface area contributed by atoms with Crippen molar-refractivity contribution in [3.63, 3.8) is 0 Å². The second-order valence-electron chi connectivity index (χ2n) is 9.50. The molecule has 0 aliphatic rings. The van der Waals surface area contributed by atoms with Crippen molar-refractivity contribution in [1.29, 1.82) is 0 Å². The lowest BCUT2D eigenvalue weighted by molar-refractivity contribution is -0.805. The van der Waals surface area contributed by atoms with Crippen molar-refractivity contribution < 1.29 is 22.7 Å². The van der Waals surface area contributed by atoms with Crippen LogP contribution in [0.3, 0.4) is 0 Å². The van der Waals surface area contributed by atoms with Crippen LogP contribution in [0, 0.1) is 0 Å². The van der Waals surface area contributed by atoms with Crippen molar-refractivity contribution in [1.82, 2.24) is 20.7 Å². The topological polar surface area (TPSA) is 147 Å². The van der Waals surface area contributed by atoms with Gasteiger partial charge < -0.3 is 15.8 Å². The molecule has 0 bridgehead atoms. The van der Waals surface area contributed by atoms with Crippen LogP contribution >= 0.6 is 0 Å². The van der Waals surface area contributed by atoms with Crippen LogP contribution in [0.1, 0.15) is 43.3 Å². The van der Waals surface area contributed by atoms with E-state index in [2.05, 4.69) is 20.7 Å². The van der Waals surface area contributed by atoms with Gasteiger partial charge in [0.25, 0.3) is 0 Å². The number of ether oxygens (including phenoxy) is 1. The summed E-state index contributed by atoms with van der Waals surface area (Å²) in [5.74, 6) is 0.0339. The minimum absolute atomic E-state index is 0.166. The highest BCUT2D eigenvalue weighted by Crippen LogP contribution is 2.22. The van der Waals surface area contributed by atoms with Crippen molar-refractivity contribution in [3.8, 4) is 0 Å². The third-order valence-corrected chi connectivity index (χ3v) is 6.94. The van der Waals surface area contributed by atoms with Gasteiger partial charge in [-0.25, -0.2) is 8.42 Å². The fraction of sp³-hybridized carbons (Fsp3) is 0.440. The first kappa shape index (κ1) is 28.2. The zero-order valence-electron chi connectivity index (χ0n) is 21.7. The fourth-order valence-electron chi connectivity index (χ4n) is 3.55. The Balaban J connectivity index is 1.65. The maximum absolute atomic E-state index is 12.6. The number of rotatable bonds is 13. The van der Waals surface area contributed by atoms with Crippen molar-refractivity contribution in [3.05, 3.63) is 71.5 Å².